The summed E-state index contributed by atoms with van der Waals surface area (Å²) in [6, 6.07) is 13.4. The van der Waals surface area contributed by atoms with Crippen LogP contribution in [-0.2, 0) is 9.53 Å². The van der Waals surface area contributed by atoms with Gasteiger partial charge in [-0.3, -0.25) is 4.79 Å². The quantitative estimate of drug-likeness (QED) is 0.428. The van der Waals surface area contributed by atoms with Gasteiger partial charge in [-0.25, -0.2) is 4.98 Å². The molecule has 2 heterocycles. The van der Waals surface area contributed by atoms with Crippen LogP contribution in [0, 0.1) is 0 Å². The molecule has 2 aromatic rings. The number of morpholine rings is 1. The molecule has 1 amide bonds. The van der Waals surface area contributed by atoms with Crippen molar-refractivity contribution >= 4 is 29.3 Å². The molecule has 0 saturated carbocycles. The zero-order valence-corrected chi connectivity index (χ0v) is 15.7. The minimum Gasteiger partial charge on any atom is -0.488 e. The Kier molecular flexibility index (Phi) is 6.94. The number of amides is 1. The van der Waals surface area contributed by atoms with Gasteiger partial charge in [0.15, 0.2) is 10.9 Å². The van der Waals surface area contributed by atoms with E-state index in [0.29, 0.717) is 37.2 Å². The Hall–Kier alpha value is -2.02. The average Bonchev–Trinajstić information content (AvgIpc) is 2.68. The number of nitrogens with zero attached hydrogens (tertiary/aromatic N) is 2. The van der Waals surface area contributed by atoms with E-state index in [1.54, 1.807) is 29.3 Å². The Morgan fingerprint density at radius 1 is 1.35 bits per heavy atom. The van der Waals surface area contributed by atoms with Crippen molar-refractivity contribution in [3.8, 4) is 5.75 Å². The summed E-state index contributed by atoms with van der Waals surface area (Å²) in [4.78, 5) is 19.2. The van der Waals surface area contributed by atoms with Gasteiger partial charge in [-0.05, 0) is 29.7 Å². The van der Waals surface area contributed by atoms with Crippen LogP contribution in [0.5, 0.6) is 5.75 Å². The van der Waals surface area contributed by atoms with Gasteiger partial charge in [0.2, 0.25) is 5.91 Å². The fraction of sp³-hybridized carbons (Fsp3) is 0.263. The largest absolute Gasteiger partial charge is 0.488 e. The van der Waals surface area contributed by atoms with Gasteiger partial charge in [-0.1, -0.05) is 41.6 Å². The van der Waals surface area contributed by atoms with Gasteiger partial charge in [0.1, 0.15) is 12.7 Å². The van der Waals surface area contributed by atoms with Crippen molar-refractivity contribution in [3.05, 3.63) is 65.3 Å². The van der Waals surface area contributed by atoms with Crippen LogP contribution in [0.15, 0.2) is 65.0 Å². The Balaban J connectivity index is 1.48. The van der Waals surface area contributed by atoms with Crippen molar-refractivity contribution < 1.29 is 14.3 Å². The molecule has 7 heteroatoms. The van der Waals surface area contributed by atoms with Gasteiger partial charge in [-0.15, -0.1) is 0 Å². The fourth-order valence-electron chi connectivity index (χ4n) is 2.46. The molecule has 1 aromatic carbocycles. The van der Waals surface area contributed by atoms with E-state index in [1.165, 1.54) is 11.8 Å². The summed E-state index contributed by atoms with van der Waals surface area (Å²) >= 11 is 7.49. The van der Waals surface area contributed by atoms with Crippen LogP contribution in [0.3, 0.4) is 0 Å². The number of hydrogen-bond acceptors (Lipinski definition) is 5. The second-order valence-corrected chi connectivity index (χ2v) is 6.95. The number of carbonyl (C=O) groups is 1. The maximum absolute atomic E-state index is 12.4. The van der Waals surface area contributed by atoms with Crippen molar-refractivity contribution in [2.24, 2.45) is 0 Å². The Labute approximate surface area is 162 Å². The standard InChI is InChI=1S/C19H19ClN2O3S/c20-19-17(7-4-9-21-19)25-14-15-13-22(10-11-24-15)18(23)8-12-26-16-5-2-1-3-6-16/h1-9,12,15H,10-11,13-14H2. The number of hydrogen-bond donors (Lipinski definition) is 0. The lowest BCUT2D eigenvalue weighted by atomic mass is 10.3. The van der Waals surface area contributed by atoms with E-state index < -0.39 is 0 Å². The maximum atomic E-state index is 12.4. The fourth-order valence-corrected chi connectivity index (χ4v) is 3.29. The van der Waals surface area contributed by atoms with E-state index in [0.717, 1.165) is 4.90 Å². The second-order valence-electron chi connectivity index (χ2n) is 5.61. The van der Waals surface area contributed by atoms with Crippen molar-refractivity contribution in [2.45, 2.75) is 11.0 Å². The lowest BCUT2D eigenvalue weighted by Gasteiger charge is -2.32. The second kappa shape index (κ2) is 9.62. The molecule has 26 heavy (non-hydrogen) atoms. The van der Waals surface area contributed by atoms with E-state index in [-0.39, 0.29) is 12.0 Å². The molecule has 1 aliphatic rings. The van der Waals surface area contributed by atoms with Crippen molar-refractivity contribution in [2.75, 3.05) is 26.3 Å². The molecule has 0 bridgehead atoms. The van der Waals surface area contributed by atoms with Crippen LogP contribution in [-0.4, -0.2) is 48.2 Å². The first-order valence-electron chi connectivity index (χ1n) is 8.24. The smallest absolute Gasteiger partial charge is 0.247 e. The predicted octanol–water partition coefficient (Wildman–Crippen LogP) is 3.65. The predicted molar refractivity (Wildman–Crippen MR) is 103 cm³/mol. The normalized spacial score (nSPS) is 17.4. The van der Waals surface area contributed by atoms with Gasteiger partial charge in [0.05, 0.1) is 13.2 Å². The molecule has 1 atom stereocenters. The first kappa shape index (κ1) is 18.8. The zero-order chi connectivity index (χ0) is 18.2. The number of thioether (sulfide) groups is 1. The average molecular weight is 391 g/mol. The van der Waals surface area contributed by atoms with Gasteiger partial charge in [0.25, 0.3) is 0 Å². The van der Waals surface area contributed by atoms with Gasteiger partial charge >= 0.3 is 0 Å². The van der Waals surface area contributed by atoms with E-state index in [2.05, 4.69) is 4.98 Å². The van der Waals surface area contributed by atoms with Crippen LogP contribution in [0.1, 0.15) is 0 Å². The highest BCUT2D eigenvalue weighted by Gasteiger charge is 2.23. The molecule has 0 N–H and O–H groups in total. The molecule has 1 fully saturated rings. The number of carbonyl (C=O) groups excluding carboxylic acids is 1. The van der Waals surface area contributed by atoms with Crippen molar-refractivity contribution in [3.63, 3.8) is 0 Å². The minimum atomic E-state index is -0.195. The molecular weight excluding hydrogens is 372 g/mol. The monoisotopic (exact) mass is 390 g/mol. The summed E-state index contributed by atoms with van der Waals surface area (Å²) in [5.74, 6) is 0.488. The number of benzene rings is 1. The SMILES string of the molecule is O=C(C=CSc1ccccc1)N1CCOC(COc2cccnc2Cl)C1. The summed E-state index contributed by atoms with van der Waals surface area (Å²) in [6.45, 7) is 1.86. The van der Waals surface area contributed by atoms with Crippen LogP contribution in [0.4, 0.5) is 0 Å². The number of halogens is 1. The molecule has 1 aliphatic heterocycles. The Morgan fingerprint density at radius 2 is 2.19 bits per heavy atom. The van der Waals surface area contributed by atoms with Crippen LogP contribution in [0.2, 0.25) is 5.15 Å². The van der Waals surface area contributed by atoms with Gasteiger partial charge in [-0.2, -0.15) is 0 Å². The number of pyridine rings is 1. The van der Waals surface area contributed by atoms with E-state index >= 15 is 0 Å². The summed E-state index contributed by atoms with van der Waals surface area (Å²) in [6.07, 6.45) is 3.00. The van der Waals surface area contributed by atoms with Crippen molar-refractivity contribution in [1.29, 1.82) is 0 Å². The molecule has 5 nitrogen and oxygen atoms in total. The summed E-state index contributed by atoms with van der Waals surface area (Å²) in [5, 5.41) is 2.13. The molecule has 3 rings (SSSR count). The molecule has 0 radical (unpaired) electrons. The summed E-state index contributed by atoms with van der Waals surface area (Å²) < 4.78 is 11.3. The summed E-state index contributed by atoms with van der Waals surface area (Å²) in [7, 11) is 0. The summed E-state index contributed by atoms with van der Waals surface area (Å²) in [5.41, 5.74) is 0. The minimum absolute atomic E-state index is 0.0267. The Morgan fingerprint density at radius 3 is 3.00 bits per heavy atom. The molecule has 1 aromatic heterocycles. The first-order valence-corrected chi connectivity index (χ1v) is 9.50. The highest BCUT2D eigenvalue weighted by atomic mass is 35.5. The third-order valence-corrected chi connectivity index (χ3v) is 4.86. The van der Waals surface area contributed by atoms with E-state index in [9.17, 15) is 4.79 Å². The molecule has 0 spiro atoms. The number of ether oxygens (including phenoxy) is 2. The van der Waals surface area contributed by atoms with Crippen molar-refractivity contribution in [1.82, 2.24) is 9.88 Å². The highest BCUT2D eigenvalue weighted by Crippen LogP contribution is 2.21. The van der Waals surface area contributed by atoms with Crippen LogP contribution >= 0.6 is 23.4 Å². The Bertz CT molecular complexity index is 757. The third kappa shape index (κ3) is 5.49. The molecule has 0 aliphatic carbocycles. The third-order valence-electron chi connectivity index (χ3n) is 3.76. The molecule has 1 unspecified atom stereocenters. The molecule has 136 valence electrons. The highest BCUT2D eigenvalue weighted by molar-refractivity contribution is 8.02. The van der Waals surface area contributed by atoms with Crippen LogP contribution in [0.25, 0.3) is 0 Å². The topological polar surface area (TPSA) is 51.7 Å². The lowest BCUT2D eigenvalue weighted by molar-refractivity contribution is -0.134. The zero-order valence-electron chi connectivity index (χ0n) is 14.1. The molecule has 1 saturated heterocycles. The number of aromatic nitrogens is 1. The lowest BCUT2D eigenvalue weighted by Crippen LogP contribution is -2.47. The van der Waals surface area contributed by atoms with E-state index in [4.69, 9.17) is 21.1 Å². The van der Waals surface area contributed by atoms with Crippen LogP contribution < -0.4 is 4.74 Å². The molecular formula is C19H19ClN2O3S. The van der Waals surface area contributed by atoms with Gasteiger partial charge < -0.3 is 14.4 Å². The van der Waals surface area contributed by atoms with E-state index in [1.807, 2.05) is 35.7 Å². The maximum Gasteiger partial charge on any atom is 0.247 e. The number of rotatable bonds is 6. The van der Waals surface area contributed by atoms with Gasteiger partial charge in [0, 0.05) is 23.7 Å². The first-order chi connectivity index (χ1) is 12.7.